The summed E-state index contributed by atoms with van der Waals surface area (Å²) in [5.41, 5.74) is 0.994. The lowest BCUT2D eigenvalue weighted by atomic mass is 9.83. The van der Waals surface area contributed by atoms with E-state index < -0.39 is 5.41 Å². The van der Waals surface area contributed by atoms with Crippen molar-refractivity contribution in [1.82, 2.24) is 9.80 Å². The molecule has 1 aromatic carbocycles. The highest BCUT2D eigenvalue weighted by atomic mass is 79.9. The third kappa shape index (κ3) is 3.68. The average molecular weight is 433 g/mol. The molecule has 0 aliphatic carbocycles. The Morgan fingerprint density at radius 2 is 1.52 bits per heavy atom. The Bertz CT molecular complexity index is 850. The van der Waals surface area contributed by atoms with Crippen LogP contribution in [0.2, 0.25) is 0 Å². The smallest absolute Gasteiger partial charge is 0.258 e. The van der Waals surface area contributed by atoms with Gasteiger partial charge in [-0.3, -0.25) is 9.59 Å². The van der Waals surface area contributed by atoms with Crippen LogP contribution in [0.4, 0.5) is 0 Å². The van der Waals surface area contributed by atoms with Crippen LogP contribution in [0.5, 0.6) is 0 Å². The Labute approximate surface area is 168 Å². The first kappa shape index (κ1) is 19.7. The Morgan fingerprint density at radius 1 is 0.963 bits per heavy atom. The molecule has 144 valence electrons. The van der Waals surface area contributed by atoms with Gasteiger partial charge in [0.05, 0.1) is 15.5 Å². The van der Waals surface area contributed by atoms with Crippen LogP contribution < -0.4 is 0 Å². The Morgan fingerprint density at radius 3 is 2.04 bits per heavy atom. The van der Waals surface area contributed by atoms with Gasteiger partial charge in [0.25, 0.3) is 5.91 Å². The van der Waals surface area contributed by atoms with Gasteiger partial charge in [-0.1, -0.05) is 30.3 Å². The van der Waals surface area contributed by atoms with Crippen LogP contribution in [0, 0.1) is 13.8 Å². The number of carbonyl (C=O) groups is 2. The molecule has 0 bridgehead atoms. The normalized spacial score (nSPS) is 15.1. The number of hydrogen-bond acceptors (Lipinski definition) is 3. The summed E-state index contributed by atoms with van der Waals surface area (Å²) in [7, 11) is 0. The predicted octanol–water partition coefficient (Wildman–Crippen LogP) is 3.92. The van der Waals surface area contributed by atoms with Crippen molar-refractivity contribution < 1.29 is 14.0 Å². The molecule has 1 aliphatic heterocycles. The minimum atomic E-state index is -0.589. The summed E-state index contributed by atoms with van der Waals surface area (Å²) in [4.78, 5) is 29.6. The van der Waals surface area contributed by atoms with Gasteiger partial charge in [0, 0.05) is 26.2 Å². The summed E-state index contributed by atoms with van der Waals surface area (Å²) >= 11 is 3.45. The maximum absolute atomic E-state index is 13.1. The van der Waals surface area contributed by atoms with Crippen molar-refractivity contribution >= 4 is 27.7 Å². The monoisotopic (exact) mass is 432 g/mol. The zero-order valence-electron chi connectivity index (χ0n) is 16.2. The van der Waals surface area contributed by atoms with E-state index in [-0.39, 0.29) is 11.8 Å². The molecule has 1 aromatic heterocycles. The molecule has 6 heteroatoms. The topological polar surface area (TPSA) is 53.8 Å². The highest BCUT2D eigenvalue weighted by molar-refractivity contribution is 9.10. The summed E-state index contributed by atoms with van der Waals surface area (Å²) in [6.07, 6.45) is 0. The zero-order chi connectivity index (χ0) is 19.8. The molecule has 27 heavy (non-hydrogen) atoms. The number of aryl methyl sites for hydroxylation is 2. The quantitative estimate of drug-likeness (QED) is 0.738. The highest BCUT2D eigenvalue weighted by Gasteiger charge is 2.36. The second-order valence-corrected chi connectivity index (χ2v) is 8.27. The first-order valence-corrected chi connectivity index (χ1v) is 9.92. The van der Waals surface area contributed by atoms with Gasteiger partial charge in [-0.05, 0) is 49.2 Å². The molecule has 0 N–H and O–H groups in total. The molecule has 0 radical (unpaired) electrons. The van der Waals surface area contributed by atoms with Crippen molar-refractivity contribution in [3.63, 3.8) is 0 Å². The number of amides is 2. The zero-order valence-corrected chi connectivity index (χ0v) is 17.8. The molecule has 1 fully saturated rings. The molecule has 5 nitrogen and oxygen atoms in total. The van der Waals surface area contributed by atoms with Crippen LogP contribution in [-0.4, -0.2) is 47.8 Å². The van der Waals surface area contributed by atoms with E-state index in [2.05, 4.69) is 15.9 Å². The van der Waals surface area contributed by atoms with E-state index in [9.17, 15) is 9.59 Å². The number of hydrogen-bond donors (Lipinski definition) is 0. The predicted molar refractivity (Wildman–Crippen MR) is 108 cm³/mol. The molecule has 1 aliphatic rings. The van der Waals surface area contributed by atoms with Gasteiger partial charge in [-0.2, -0.15) is 0 Å². The van der Waals surface area contributed by atoms with Crippen molar-refractivity contribution in [2.75, 3.05) is 26.2 Å². The lowest BCUT2D eigenvalue weighted by Crippen LogP contribution is -2.54. The first-order chi connectivity index (χ1) is 12.7. The van der Waals surface area contributed by atoms with Gasteiger partial charge < -0.3 is 14.2 Å². The van der Waals surface area contributed by atoms with Gasteiger partial charge in [0.2, 0.25) is 5.91 Å². The molecule has 1 saturated heterocycles. The van der Waals surface area contributed by atoms with E-state index in [1.54, 1.807) is 11.8 Å². The number of piperazine rings is 1. The Kier molecular flexibility index (Phi) is 5.47. The lowest BCUT2D eigenvalue weighted by molar-refractivity contribution is -0.137. The SMILES string of the molecule is Cc1oc(C)c(C(=O)N2CCN(C(=O)C(C)(C)c3ccccc3)CC2)c1Br. The van der Waals surface area contributed by atoms with Gasteiger partial charge in [-0.25, -0.2) is 0 Å². The molecule has 2 heterocycles. The number of furan rings is 1. The second-order valence-electron chi connectivity index (χ2n) is 7.48. The number of benzene rings is 1. The van der Waals surface area contributed by atoms with Crippen molar-refractivity contribution in [2.24, 2.45) is 0 Å². The largest absolute Gasteiger partial charge is 0.465 e. The van der Waals surface area contributed by atoms with Crippen molar-refractivity contribution in [3.8, 4) is 0 Å². The summed E-state index contributed by atoms with van der Waals surface area (Å²) in [6, 6.07) is 9.83. The summed E-state index contributed by atoms with van der Waals surface area (Å²) < 4.78 is 6.27. The van der Waals surface area contributed by atoms with E-state index in [4.69, 9.17) is 4.42 Å². The summed E-state index contributed by atoms with van der Waals surface area (Å²) in [5.74, 6) is 1.37. The Balaban J connectivity index is 1.68. The van der Waals surface area contributed by atoms with Crippen LogP contribution >= 0.6 is 15.9 Å². The molecule has 0 spiro atoms. The fourth-order valence-corrected chi connectivity index (χ4v) is 4.07. The third-order valence-electron chi connectivity index (χ3n) is 5.28. The number of halogens is 1. The molecule has 2 amide bonds. The molecule has 0 unspecified atom stereocenters. The van der Waals surface area contributed by atoms with Gasteiger partial charge in [-0.15, -0.1) is 0 Å². The number of carbonyl (C=O) groups excluding carboxylic acids is 2. The van der Waals surface area contributed by atoms with Crippen molar-refractivity contribution in [1.29, 1.82) is 0 Å². The second kappa shape index (κ2) is 7.50. The minimum Gasteiger partial charge on any atom is -0.465 e. The maximum Gasteiger partial charge on any atom is 0.258 e. The average Bonchev–Trinajstić information content (AvgIpc) is 2.93. The minimum absolute atomic E-state index is 0.0503. The van der Waals surface area contributed by atoms with Gasteiger partial charge in [0.1, 0.15) is 11.5 Å². The van der Waals surface area contributed by atoms with Crippen molar-refractivity contribution in [2.45, 2.75) is 33.1 Å². The molecule has 3 rings (SSSR count). The molecule has 0 atom stereocenters. The van der Waals surface area contributed by atoms with Crippen LogP contribution in [0.1, 0.15) is 41.3 Å². The van der Waals surface area contributed by atoms with E-state index >= 15 is 0 Å². The third-order valence-corrected chi connectivity index (χ3v) is 6.24. The molecule has 2 aromatic rings. The summed E-state index contributed by atoms with van der Waals surface area (Å²) in [5, 5.41) is 0. The van der Waals surface area contributed by atoms with Crippen LogP contribution in [-0.2, 0) is 10.2 Å². The van der Waals surface area contributed by atoms with Crippen LogP contribution in [0.15, 0.2) is 39.2 Å². The fourth-order valence-electron chi connectivity index (χ4n) is 3.54. The van der Waals surface area contributed by atoms with E-state index in [0.29, 0.717) is 47.7 Å². The van der Waals surface area contributed by atoms with E-state index in [0.717, 1.165) is 5.56 Å². The summed E-state index contributed by atoms with van der Waals surface area (Å²) in [6.45, 7) is 9.65. The van der Waals surface area contributed by atoms with Crippen LogP contribution in [0.25, 0.3) is 0 Å². The number of rotatable bonds is 3. The van der Waals surface area contributed by atoms with Gasteiger partial charge >= 0.3 is 0 Å². The molecular formula is C21H25BrN2O3. The first-order valence-electron chi connectivity index (χ1n) is 9.13. The Hall–Kier alpha value is -2.08. The fraction of sp³-hybridized carbons (Fsp3) is 0.429. The van der Waals surface area contributed by atoms with Crippen molar-refractivity contribution in [3.05, 3.63) is 57.5 Å². The maximum atomic E-state index is 13.1. The molecular weight excluding hydrogens is 408 g/mol. The highest BCUT2D eigenvalue weighted by Crippen LogP contribution is 2.30. The van der Waals surface area contributed by atoms with E-state index in [1.165, 1.54) is 0 Å². The van der Waals surface area contributed by atoms with E-state index in [1.807, 2.05) is 56.0 Å². The van der Waals surface area contributed by atoms with Crippen LogP contribution in [0.3, 0.4) is 0 Å². The number of nitrogens with zero attached hydrogens (tertiary/aromatic N) is 2. The lowest BCUT2D eigenvalue weighted by Gasteiger charge is -2.38. The standard InChI is InChI=1S/C21H25BrN2O3/c1-14-17(18(22)15(2)27-14)19(25)23-10-12-24(13-11-23)20(26)21(3,4)16-8-6-5-7-9-16/h5-9H,10-13H2,1-4H3. The molecule has 0 saturated carbocycles. The van der Waals surface area contributed by atoms with Gasteiger partial charge in [0.15, 0.2) is 0 Å².